The monoisotopic (exact) mass is 424 g/mol. The van der Waals surface area contributed by atoms with E-state index < -0.39 is 51.1 Å². The van der Waals surface area contributed by atoms with Gasteiger partial charge in [-0.25, -0.2) is 4.39 Å². The van der Waals surface area contributed by atoms with Crippen molar-refractivity contribution in [2.24, 2.45) is 34.5 Å². The van der Waals surface area contributed by atoms with Gasteiger partial charge in [-0.3, -0.25) is 9.59 Å². The van der Waals surface area contributed by atoms with Crippen LogP contribution in [-0.2, 0) is 14.4 Å². The summed E-state index contributed by atoms with van der Waals surface area (Å²) in [5.41, 5.74) is -5.22. The minimum absolute atomic E-state index is 0.0416. The molecule has 0 radical (unpaired) electrons. The summed E-state index contributed by atoms with van der Waals surface area (Å²) in [5, 5.41) is 21.9. The maximum absolute atomic E-state index is 17.1. The van der Waals surface area contributed by atoms with Crippen LogP contribution in [0.4, 0.5) is 4.39 Å². The van der Waals surface area contributed by atoms with Gasteiger partial charge in [0.2, 0.25) is 5.12 Å². The van der Waals surface area contributed by atoms with Gasteiger partial charge in [0.1, 0.15) is 17.6 Å². The number of thiol groups is 1. The van der Waals surface area contributed by atoms with Gasteiger partial charge < -0.3 is 15.0 Å². The summed E-state index contributed by atoms with van der Waals surface area (Å²) in [5.74, 6) is -2.50. The second-order valence-corrected chi connectivity index (χ2v) is 10.6. The molecule has 0 aromatic carbocycles. The first-order valence-electron chi connectivity index (χ1n) is 10.4. The van der Waals surface area contributed by atoms with Gasteiger partial charge in [0.25, 0.3) is 0 Å². The molecule has 0 amide bonds. The molecular formula is C22H29FO5S. The van der Waals surface area contributed by atoms with Crippen LogP contribution >= 0.6 is 12.6 Å². The zero-order valence-corrected chi connectivity index (χ0v) is 17.9. The SMILES string of the molecule is C[C@@H]1C[C@H]2[C@@H]3CCC4=CC(=O)C(C=O)C[C@]4(C)[C@@]3(F)[C@@H](O)C[C@]2(C)[C@@]1(O)C(=O)S. The Bertz CT molecular complexity index is 828. The van der Waals surface area contributed by atoms with Crippen LogP contribution < -0.4 is 0 Å². The molecule has 2 N–H and O–H groups in total. The molecule has 9 atom stereocenters. The van der Waals surface area contributed by atoms with Crippen LogP contribution in [-0.4, -0.2) is 44.8 Å². The number of hydrogen-bond acceptors (Lipinski definition) is 5. The number of aliphatic hydroxyl groups excluding tert-OH is 1. The highest BCUT2D eigenvalue weighted by molar-refractivity contribution is 7.96. The minimum atomic E-state index is -2.03. The predicted octanol–water partition coefficient (Wildman–Crippen LogP) is 2.44. The van der Waals surface area contributed by atoms with Gasteiger partial charge in [-0.15, -0.1) is 12.6 Å². The molecule has 5 nitrogen and oxygen atoms in total. The van der Waals surface area contributed by atoms with E-state index in [1.807, 2.05) is 0 Å². The van der Waals surface area contributed by atoms with Crippen molar-refractivity contribution in [3.05, 3.63) is 11.6 Å². The summed E-state index contributed by atoms with van der Waals surface area (Å²) in [6, 6.07) is 0. The predicted molar refractivity (Wildman–Crippen MR) is 107 cm³/mol. The lowest BCUT2D eigenvalue weighted by molar-refractivity contribution is -0.227. The van der Waals surface area contributed by atoms with Crippen LogP contribution in [0.15, 0.2) is 11.6 Å². The number of carbonyl (C=O) groups is 3. The third-order valence-electron chi connectivity index (χ3n) is 9.22. The summed E-state index contributed by atoms with van der Waals surface area (Å²) in [7, 11) is 0. The fourth-order valence-electron chi connectivity index (χ4n) is 7.59. The second kappa shape index (κ2) is 6.24. The lowest BCUT2D eigenvalue weighted by Crippen LogP contribution is -2.69. The Morgan fingerprint density at radius 3 is 2.55 bits per heavy atom. The second-order valence-electron chi connectivity index (χ2n) is 10.2. The molecule has 3 saturated carbocycles. The van der Waals surface area contributed by atoms with Gasteiger partial charge in [0.05, 0.1) is 12.0 Å². The number of ketones is 1. The molecule has 4 aliphatic carbocycles. The third kappa shape index (κ3) is 2.27. The van der Waals surface area contributed by atoms with E-state index in [0.29, 0.717) is 31.1 Å². The molecule has 4 rings (SSSR count). The Labute approximate surface area is 175 Å². The number of hydrogen-bond donors (Lipinski definition) is 3. The maximum atomic E-state index is 17.1. The lowest BCUT2D eigenvalue weighted by Gasteiger charge is -2.63. The van der Waals surface area contributed by atoms with Crippen molar-refractivity contribution in [2.45, 2.75) is 70.2 Å². The van der Waals surface area contributed by atoms with Gasteiger partial charge in [-0.2, -0.15) is 0 Å². The summed E-state index contributed by atoms with van der Waals surface area (Å²) >= 11 is 3.95. The first-order valence-corrected chi connectivity index (χ1v) is 10.9. The van der Waals surface area contributed by atoms with E-state index in [-0.39, 0.29) is 24.5 Å². The number of alkyl halides is 1. The summed E-state index contributed by atoms with van der Waals surface area (Å²) in [6.45, 7) is 5.26. The van der Waals surface area contributed by atoms with Gasteiger partial charge in [-0.05, 0) is 50.0 Å². The molecule has 1 unspecified atom stereocenters. The molecule has 7 heteroatoms. The van der Waals surface area contributed by atoms with Crippen molar-refractivity contribution in [1.29, 1.82) is 0 Å². The molecule has 0 bridgehead atoms. The van der Waals surface area contributed by atoms with E-state index in [0.717, 1.165) is 0 Å². The number of rotatable bonds is 2. The quantitative estimate of drug-likeness (QED) is 0.360. The Kier molecular flexibility index (Phi) is 4.56. The highest BCUT2D eigenvalue weighted by Gasteiger charge is 2.75. The number of aldehydes is 1. The van der Waals surface area contributed by atoms with Crippen molar-refractivity contribution in [1.82, 2.24) is 0 Å². The highest BCUT2D eigenvalue weighted by Crippen LogP contribution is 2.71. The average molecular weight is 425 g/mol. The Balaban J connectivity index is 1.84. The topological polar surface area (TPSA) is 91.7 Å². The van der Waals surface area contributed by atoms with Crippen LogP contribution in [0.25, 0.3) is 0 Å². The van der Waals surface area contributed by atoms with E-state index in [4.69, 9.17) is 0 Å². The molecule has 0 saturated heterocycles. The van der Waals surface area contributed by atoms with Crippen molar-refractivity contribution in [3.8, 4) is 0 Å². The van der Waals surface area contributed by atoms with E-state index in [1.54, 1.807) is 20.8 Å². The average Bonchev–Trinajstić information content (AvgIpc) is 2.85. The molecule has 0 aromatic rings. The number of allylic oxidation sites excluding steroid dienone is 1. The summed E-state index contributed by atoms with van der Waals surface area (Å²) in [6.07, 6.45) is 1.93. The van der Waals surface area contributed by atoms with Crippen LogP contribution in [0.2, 0.25) is 0 Å². The molecular weight excluding hydrogens is 395 g/mol. The smallest absolute Gasteiger partial charge is 0.218 e. The van der Waals surface area contributed by atoms with Crippen LogP contribution in [0, 0.1) is 34.5 Å². The third-order valence-corrected chi connectivity index (χ3v) is 9.56. The van der Waals surface area contributed by atoms with Crippen molar-refractivity contribution < 1.29 is 29.0 Å². The van der Waals surface area contributed by atoms with Gasteiger partial charge in [0.15, 0.2) is 5.78 Å². The van der Waals surface area contributed by atoms with Crippen molar-refractivity contribution in [3.63, 3.8) is 0 Å². The Morgan fingerprint density at radius 1 is 1.31 bits per heavy atom. The molecule has 0 heterocycles. The van der Waals surface area contributed by atoms with E-state index in [2.05, 4.69) is 12.6 Å². The molecule has 29 heavy (non-hydrogen) atoms. The minimum Gasteiger partial charge on any atom is -0.390 e. The number of fused-ring (bicyclic) bond motifs is 5. The van der Waals surface area contributed by atoms with Crippen molar-refractivity contribution in [2.75, 3.05) is 0 Å². The zero-order valence-electron chi connectivity index (χ0n) is 17.0. The normalized spacial score (nSPS) is 54.1. The summed E-state index contributed by atoms with van der Waals surface area (Å²) < 4.78 is 17.1. The Morgan fingerprint density at radius 2 is 1.97 bits per heavy atom. The van der Waals surface area contributed by atoms with Gasteiger partial charge in [0, 0.05) is 16.7 Å². The molecule has 160 valence electrons. The molecule has 0 spiro atoms. The number of carbonyl (C=O) groups excluding carboxylic acids is 3. The molecule has 0 aromatic heterocycles. The standard InChI is InChI=1S/C22H29FO5S/c1-11-6-15-14-5-4-13-7-16(25)12(10-24)8-19(13,2)21(14,23)17(26)9-20(15,3)22(11,28)18(27)29/h7,10-12,14-15,17,26,28H,4-6,8-9H2,1-3H3,(H,27,29)/t11-,12?,14+,15+,17+,19+,20+,21+,22+/m1/s1. The zero-order chi connectivity index (χ0) is 21.6. The largest absolute Gasteiger partial charge is 0.390 e. The first-order chi connectivity index (χ1) is 13.4. The van der Waals surface area contributed by atoms with Crippen LogP contribution in [0.1, 0.15) is 52.9 Å². The van der Waals surface area contributed by atoms with E-state index in [1.165, 1.54) is 6.08 Å². The van der Waals surface area contributed by atoms with Gasteiger partial charge >= 0.3 is 0 Å². The van der Waals surface area contributed by atoms with E-state index >= 15 is 4.39 Å². The maximum Gasteiger partial charge on any atom is 0.218 e. The lowest BCUT2D eigenvalue weighted by atomic mass is 9.43. The number of halogens is 1. The molecule has 3 fully saturated rings. The van der Waals surface area contributed by atoms with Crippen LogP contribution in [0.3, 0.4) is 0 Å². The number of aliphatic hydroxyl groups is 2. The van der Waals surface area contributed by atoms with Gasteiger partial charge in [-0.1, -0.05) is 26.3 Å². The van der Waals surface area contributed by atoms with E-state index in [9.17, 15) is 24.6 Å². The fraction of sp³-hybridized carbons (Fsp3) is 0.773. The fourth-order valence-corrected chi connectivity index (χ4v) is 8.07. The molecule has 4 aliphatic rings. The first kappa shape index (κ1) is 21.2. The summed E-state index contributed by atoms with van der Waals surface area (Å²) in [4.78, 5) is 36.0. The molecule has 0 aliphatic heterocycles. The highest BCUT2D eigenvalue weighted by atomic mass is 32.1. The van der Waals surface area contributed by atoms with Crippen LogP contribution in [0.5, 0.6) is 0 Å². The Hall–Kier alpha value is -1.05. The van der Waals surface area contributed by atoms with Crippen molar-refractivity contribution >= 4 is 29.8 Å².